The third kappa shape index (κ3) is 5.31. The van der Waals surface area contributed by atoms with Crippen molar-refractivity contribution in [3.63, 3.8) is 0 Å². The van der Waals surface area contributed by atoms with Gasteiger partial charge in [0, 0.05) is 43.9 Å². The lowest BCUT2D eigenvalue weighted by Crippen LogP contribution is -2.68. The molecule has 0 bridgehead atoms. The van der Waals surface area contributed by atoms with E-state index in [1.165, 1.54) is 12.1 Å². The molecule has 0 saturated carbocycles. The fraction of sp³-hybridized carbons (Fsp3) is 0.500. The minimum absolute atomic E-state index is 0.00430. The van der Waals surface area contributed by atoms with Crippen molar-refractivity contribution in [2.45, 2.75) is 52.8 Å². The Morgan fingerprint density at radius 1 is 1.05 bits per heavy atom. The zero-order valence-electron chi connectivity index (χ0n) is 21.9. The fourth-order valence-electron chi connectivity index (χ4n) is 4.75. The predicted octanol–water partition coefficient (Wildman–Crippen LogP) is 2.92. The lowest BCUT2D eigenvalue weighted by Gasteiger charge is -2.48. The highest BCUT2D eigenvalue weighted by Gasteiger charge is 2.42. The molecular formula is C26H32F2N8O2. The van der Waals surface area contributed by atoms with Crippen LogP contribution in [0.2, 0.25) is 0 Å². The number of nitrogens with zero attached hydrogens (tertiary/aromatic N) is 7. The molecule has 1 unspecified atom stereocenters. The van der Waals surface area contributed by atoms with Crippen molar-refractivity contribution in [3.8, 4) is 11.6 Å². The summed E-state index contributed by atoms with van der Waals surface area (Å²) in [5.41, 5.74) is 1.89. The van der Waals surface area contributed by atoms with Crippen LogP contribution in [0.4, 0.5) is 14.6 Å². The Bertz CT molecular complexity index is 1270. The van der Waals surface area contributed by atoms with Gasteiger partial charge in [0.05, 0.1) is 11.4 Å². The Kier molecular flexibility index (Phi) is 6.99. The van der Waals surface area contributed by atoms with Crippen molar-refractivity contribution in [1.82, 2.24) is 35.4 Å². The molecule has 2 aliphatic heterocycles. The summed E-state index contributed by atoms with van der Waals surface area (Å²) < 4.78 is 33.2. The molecule has 1 amide bonds. The number of fused-ring (bicyclic) bond motifs is 1. The van der Waals surface area contributed by atoms with Crippen LogP contribution in [-0.2, 0) is 11.4 Å². The molecule has 202 valence electrons. The number of amides is 1. The van der Waals surface area contributed by atoms with Crippen molar-refractivity contribution < 1.29 is 18.3 Å². The summed E-state index contributed by atoms with van der Waals surface area (Å²) >= 11 is 0. The second-order valence-electron chi connectivity index (χ2n) is 10.8. The van der Waals surface area contributed by atoms with Gasteiger partial charge in [-0.15, -0.1) is 15.3 Å². The number of nitrogens with one attached hydrogen (secondary N) is 1. The average Bonchev–Trinajstić information content (AvgIpc) is 3.27. The molecule has 1 N–H and O–H groups in total. The van der Waals surface area contributed by atoms with E-state index in [2.05, 4.69) is 56.4 Å². The van der Waals surface area contributed by atoms with E-state index in [1.54, 1.807) is 29.8 Å². The Morgan fingerprint density at radius 3 is 2.47 bits per heavy atom. The number of ether oxygens (including phenoxy) is 1. The van der Waals surface area contributed by atoms with Crippen molar-refractivity contribution >= 4 is 11.7 Å². The van der Waals surface area contributed by atoms with E-state index in [0.717, 1.165) is 19.6 Å². The molecule has 2 fully saturated rings. The Balaban J connectivity index is 1.21. The molecule has 10 nitrogen and oxygen atoms in total. The van der Waals surface area contributed by atoms with Gasteiger partial charge < -0.3 is 15.0 Å². The zero-order valence-corrected chi connectivity index (χ0v) is 21.9. The molecule has 0 radical (unpaired) electrons. The maximum absolute atomic E-state index is 12.9. The van der Waals surface area contributed by atoms with Crippen LogP contribution < -0.4 is 15.0 Å². The number of rotatable bonds is 6. The number of benzene rings is 1. The van der Waals surface area contributed by atoms with Crippen molar-refractivity contribution in [2.24, 2.45) is 5.41 Å². The smallest absolute Gasteiger partial charge is 0.263 e. The summed E-state index contributed by atoms with van der Waals surface area (Å²) in [6.07, 6.45) is -2.53. The Morgan fingerprint density at radius 2 is 1.82 bits per heavy atom. The van der Waals surface area contributed by atoms with Gasteiger partial charge in [-0.3, -0.25) is 9.69 Å². The zero-order chi connectivity index (χ0) is 27.0. The molecule has 12 heteroatoms. The van der Waals surface area contributed by atoms with Gasteiger partial charge in [-0.25, -0.2) is 13.5 Å². The van der Waals surface area contributed by atoms with Crippen LogP contribution in [0.1, 0.15) is 44.1 Å². The number of piperazine rings is 2. The lowest BCUT2D eigenvalue weighted by molar-refractivity contribution is -0.132. The number of carbonyl (C=O) groups excluding carboxylic acids is 1. The molecule has 1 aromatic carbocycles. The second kappa shape index (κ2) is 10.2. The number of anilines is 1. The summed E-state index contributed by atoms with van der Waals surface area (Å²) in [5.74, 6) is 1.07. The normalized spacial score (nSPS) is 20.4. The molecule has 5 rings (SSSR count). The molecule has 0 spiro atoms. The first kappa shape index (κ1) is 26.0. The number of alkyl halides is 2. The standard InChI is InChI=1S/C26H32F2N8O2/c1-16-20(36(33-30-16)18-7-5-17(6-8-18)24(27)28)15-38-23-10-9-22(31-32-23)35-12-11-34-14-21(26(2,3)4)29-25(37)19(34)13-35/h5-10,19,21,24H,11-15H2,1-4H3,(H,29,37)/t19-,21?/m0/s1. The summed E-state index contributed by atoms with van der Waals surface area (Å²) in [4.78, 5) is 17.2. The van der Waals surface area contributed by atoms with Gasteiger partial charge in [0.2, 0.25) is 11.8 Å². The van der Waals surface area contributed by atoms with Crippen molar-refractivity contribution in [1.29, 1.82) is 0 Å². The van der Waals surface area contributed by atoms with Crippen LogP contribution in [-0.4, -0.2) is 74.3 Å². The monoisotopic (exact) mass is 526 g/mol. The van der Waals surface area contributed by atoms with Crippen LogP contribution in [0.5, 0.6) is 5.88 Å². The summed E-state index contributed by atoms with van der Waals surface area (Å²) in [5, 5.41) is 20.0. The van der Waals surface area contributed by atoms with E-state index in [-0.39, 0.29) is 35.6 Å². The molecule has 2 saturated heterocycles. The first-order valence-electron chi connectivity index (χ1n) is 12.7. The van der Waals surface area contributed by atoms with Crippen molar-refractivity contribution in [3.05, 3.63) is 53.3 Å². The summed E-state index contributed by atoms with van der Waals surface area (Å²) in [6, 6.07) is 9.37. The maximum atomic E-state index is 12.9. The second-order valence-corrected chi connectivity index (χ2v) is 10.8. The van der Waals surface area contributed by atoms with Gasteiger partial charge in [0.1, 0.15) is 18.3 Å². The van der Waals surface area contributed by atoms with Gasteiger partial charge in [-0.2, -0.15) is 0 Å². The molecule has 2 atom stereocenters. The minimum atomic E-state index is -2.53. The van der Waals surface area contributed by atoms with Gasteiger partial charge in [-0.05, 0) is 30.5 Å². The SMILES string of the molecule is Cc1nnn(-c2ccc(C(F)F)cc2)c1COc1ccc(N2CCN3CC(C(C)(C)C)NC(=O)[C@@H]3C2)nn1. The quantitative estimate of drug-likeness (QED) is 0.523. The number of halogens is 2. The highest BCUT2D eigenvalue weighted by atomic mass is 19.3. The fourth-order valence-corrected chi connectivity index (χ4v) is 4.75. The number of hydrogen-bond acceptors (Lipinski definition) is 8. The number of hydrogen-bond donors (Lipinski definition) is 1. The molecule has 3 aromatic rings. The number of aryl methyl sites for hydroxylation is 1. The van der Waals surface area contributed by atoms with Crippen LogP contribution in [0.3, 0.4) is 0 Å². The van der Waals surface area contributed by atoms with Crippen LogP contribution in [0, 0.1) is 12.3 Å². The highest BCUT2D eigenvalue weighted by molar-refractivity contribution is 5.84. The van der Waals surface area contributed by atoms with Crippen molar-refractivity contribution in [2.75, 3.05) is 31.1 Å². The van der Waals surface area contributed by atoms with Crippen LogP contribution in [0.15, 0.2) is 36.4 Å². The van der Waals surface area contributed by atoms with Gasteiger partial charge in [-0.1, -0.05) is 38.1 Å². The van der Waals surface area contributed by atoms with Gasteiger partial charge in [0.25, 0.3) is 6.43 Å². The first-order chi connectivity index (χ1) is 18.1. The number of carbonyl (C=O) groups is 1. The van der Waals surface area contributed by atoms with Gasteiger partial charge in [0.15, 0.2) is 5.82 Å². The molecule has 0 aliphatic carbocycles. The lowest BCUT2D eigenvalue weighted by atomic mass is 9.84. The third-order valence-electron chi connectivity index (χ3n) is 7.23. The van der Waals surface area contributed by atoms with Gasteiger partial charge >= 0.3 is 0 Å². The molecule has 4 heterocycles. The van der Waals surface area contributed by atoms with E-state index < -0.39 is 6.43 Å². The largest absolute Gasteiger partial charge is 0.470 e. The molecule has 38 heavy (non-hydrogen) atoms. The van der Waals surface area contributed by atoms with E-state index in [1.807, 2.05) is 6.07 Å². The summed E-state index contributed by atoms with van der Waals surface area (Å²) in [7, 11) is 0. The minimum Gasteiger partial charge on any atom is -0.470 e. The highest BCUT2D eigenvalue weighted by Crippen LogP contribution is 2.27. The Hall–Kier alpha value is -3.67. The van der Waals surface area contributed by atoms with Crippen LogP contribution >= 0.6 is 0 Å². The summed E-state index contributed by atoms with van der Waals surface area (Å²) in [6.45, 7) is 11.3. The maximum Gasteiger partial charge on any atom is 0.263 e. The van der Waals surface area contributed by atoms with E-state index >= 15 is 0 Å². The molecular weight excluding hydrogens is 494 g/mol. The molecule has 2 aromatic heterocycles. The van der Waals surface area contributed by atoms with E-state index in [9.17, 15) is 13.6 Å². The Labute approximate surface area is 220 Å². The third-order valence-corrected chi connectivity index (χ3v) is 7.23. The van der Waals surface area contributed by atoms with E-state index in [0.29, 0.717) is 35.3 Å². The number of aromatic nitrogens is 5. The van der Waals surface area contributed by atoms with Crippen LogP contribution in [0.25, 0.3) is 5.69 Å². The average molecular weight is 527 g/mol. The first-order valence-corrected chi connectivity index (χ1v) is 12.7. The topological polar surface area (TPSA) is 101 Å². The van der Waals surface area contributed by atoms with E-state index in [4.69, 9.17) is 4.74 Å². The molecule has 2 aliphatic rings. The predicted molar refractivity (Wildman–Crippen MR) is 136 cm³/mol.